The molecule has 0 aromatic heterocycles. The van der Waals surface area contributed by atoms with Gasteiger partial charge >= 0.3 is 0 Å². The van der Waals surface area contributed by atoms with E-state index < -0.39 is 0 Å². The molecule has 25 heavy (non-hydrogen) atoms. The molecule has 3 rings (SSSR count). The summed E-state index contributed by atoms with van der Waals surface area (Å²) in [6.07, 6.45) is 2.40. The SMILES string of the molecule is Cl.O=C(CCNC(=O)c1ccc2ccccc2c1)N[C@H]1CCCNC1. The molecule has 1 aliphatic rings. The van der Waals surface area contributed by atoms with E-state index in [1.54, 1.807) is 0 Å². The number of hydrogen-bond donors (Lipinski definition) is 3. The van der Waals surface area contributed by atoms with Gasteiger partial charge in [0.25, 0.3) is 5.91 Å². The van der Waals surface area contributed by atoms with E-state index in [0.717, 1.165) is 36.7 Å². The molecule has 1 saturated heterocycles. The monoisotopic (exact) mass is 361 g/mol. The van der Waals surface area contributed by atoms with Crippen LogP contribution in [0.25, 0.3) is 10.8 Å². The molecular weight excluding hydrogens is 338 g/mol. The summed E-state index contributed by atoms with van der Waals surface area (Å²) in [6, 6.07) is 13.8. The first-order chi connectivity index (χ1) is 11.7. The Hall–Kier alpha value is -2.11. The summed E-state index contributed by atoms with van der Waals surface area (Å²) in [5, 5.41) is 11.2. The van der Waals surface area contributed by atoms with Crippen LogP contribution in [0.1, 0.15) is 29.6 Å². The Balaban J connectivity index is 0.00000225. The minimum absolute atomic E-state index is 0. The van der Waals surface area contributed by atoms with Crippen molar-refractivity contribution in [3.05, 3.63) is 48.0 Å². The number of hydrogen-bond acceptors (Lipinski definition) is 3. The van der Waals surface area contributed by atoms with Gasteiger partial charge in [0.2, 0.25) is 5.91 Å². The Bertz CT molecular complexity index is 729. The Kier molecular flexibility index (Phi) is 7.22. The molecule has 0 spiro atoms. The molecule has 0 unspecified atom stereocenters. The number of amides is 2. The van der Waals surface area contributed by atoms with Crippen molar-refractivity contribution in [2.45, 2.75) is 25.3 Å². The summed E-state index contributed by atoms with van der Waals surface area (Å²) in [6.45, 7) is 2.20. The number of nitrogens with one attached hydrogen (secondary N) is 3. The first-order valence-electron chi connectivity index (χ1n) is 8.49. The zero-order valence-corrected chi connectivity index (χ0v) is 14.9. The lowest BCUT2D eigenvalue weighted by Gasteiger charge is -2.23. The zero-order chi connectivity index (χ0) is 16.8. The molecule has 6 heteroatoms. The highest BCUT2D eigenvalue weighted by Crippen LogP contribution is 2.15. The molecule has 1 fully saturated rings. The average molecular weight is 362 g/mol. The quantitative estimate of drug-likeness (QED) is 0.765. The van der Waals surface area contributed by atoms with Crippen LogP contribution in [0, 0.1) is 0 Å². The molecule has 0 bridgehead atoms. The maximum atomic E-state index is 12.2. The van der Waals surface area contributed by atoms with Crippen LogP contribution in [0.3, 0.4) is 0 Å². The number of halogens is 1. The fourth-order valence-corrected chi connectivity index (χ4v) is 3.00. The maximum Gasteiger partial charge on any atom is 0.251 e. The first-order valence-corrected chi connectivity index (χ1v) is 8.49. The lowest BCUT2D eigenvalue weighted by atomic mass is 10.1. The lowest BCUT2D eigenvalue weighted by molar-refractivity contribution is -0.121. The second kappa shape index (κ2) is 9.39. The number of fused-ring (bicyclic) bond motifs is 1. The average Bonchev–Trinajstić information content (AvgIpc) is 2.62. The van der Waals surface area contributed by atoms with Crippen LogP contribution in [0.15, 0.2) is 42.5 Å². The summed E-state index contributed by atoms with van der Waals surface area (Å²) < 4.78 is 0. The maximum absolute atomic E-state index is 12.2. The van der Waals surface area contributed by atoms with Crippen LogP contribution >= 0.6 is 12.4 Å². The molecule has 1 heterocycles. The van der Waals surface area contributed by atoms with E-state index in [9.17, 15) is 9.59 Å². The smallest absolute Gasteiger partial charge is 0.251 e. The third-order valence-corrected chi connectivity index (χ3v) is 4.31. The summed E-state index contributed by atoms with van der Waals surface area (Å²) >= 11 is 0. The van der Waals surface area contributed by atoms with Crippen molar-refractivity contribution in [2.24, 2.45) is 0 Å². The number of rotatable bonds is 5. The van der Waals surface area contributed by atoms with Crippen LogP contribution in [0.4, 0.5) is 0 Å². The molecule has 0 radical (unpaired) electrons. The third-order valence-electron chi connectivity index (χ3n) is 4.31. The Morgan fingerprint density at radius 3 is 2.68 bits per heavy atom. The van der Waals surface area contributed by atoms with Gasteiger partial charge in [-0.3, -0.25) is 9.59 Å². The van der Waals surface area contributed by atoms with Crippen molar-refractivity contribution >= 4 is 35.0 Å². The van der Waals surface area contributed by atoms with Crippen molar-refractivity contribution in [3.63, 3.8) is 0 Å². The number of benzene rings is 2. The van der Waals surface area contributed by atoms with Gasteiger partial charge in [-0.15, -0.1) is 12.4 Å². The van der Waals surface area contributed by atoms with Crippen molar-refractivity contribution in [2.75, 3.05) is 19.6 Å². The van der Waals surface area contributed by atoms with E-state index in [1.165, 1.54) is 0 Å². The van der Waals surface area contributed by atoms with Crippen molar-refractivity contribution < 1.29 is 9.59 Å². The topological polar surface area (TPSA) is 70.2 Å². The van der Waals surface area contributed by atoms with Gasteiger partial charge < -0.3 is 16.0 Å². The molecule has 2 amide bonds. The van der Waals surface area contributed by atoms with Crippen molar-refractivity contribution in [1.82, 2.24) is 16.0 Å². The van der Waals surface area contributed by atoms with E-state index >= 15 is 0 Å². The van der Waals surface area contributed by atoms with Gasteiger partial charge in [0.15, 0.2) is 0 Å². The van der Waals surface area contributed by atoms with Crippen molar-refractivity contribution in [1.29, 1.82) is 0 Å². The molecule has 3 N–H and O–H groups in total. The van der Waals surface area contributed by atoms with E-state index in [0.29, 0.717) is 18.5 Å². The third kappa shape index (κ3) is 5.44. The van der Waals surface area contributed by atoms with Gasteiger partial charge in [-0.1, -0.05) is 30.3 Å². The molecule has 2 aromatic carbocycles. The van der Waals surface area contributed by atoms with Crippen LogP contribution in [0.2, 0.25) is 0 Å². The molecular formula is C19H24ClN3O2. The van der Waals surface area contributed by atoms with Crippen LogP contribution in [-0.4, -0.2) is 37.5 Å². The largest absolute Gasteiger partial charge is 0.352 e. The molecule has 0 saturated carbocycles. The fraction of sp³-hybridized carbons (Fsp3) is 0.368. The van der Waals surface area contributed by atoms with Crippen LogP contribution < -0.4 is 16.0 Å². The first kappa shape index (κ1) is 19.2. The van der Waals surface area contributed by atoms with E-state index in [2.05, 4.69) is 16.0 Å². The standard InChI is InChI=1S/C19H23N3O2.ClH/c23-18(22-17-6-3-10-20-13-17)9-11-21-19(24)16-8-7-14-4-1-2-5-15(14)12-16;/h1-2,4-5,7-8,12,17,20H,3,6,9-11,13H2,(H,21,24)(H,22,23);1H/t17-;/m0./s1. The Morgan fingerprint density at radius 2 is 1.92 bits per heavy atom. The Morgan fingerprint density at radius 1 is 1.12 bits per heavy atom. The predicted molar refractivity (Wildman–Crippen MR) is 102 cm³/mol. The highest BCUT2D eigenvalue weighted by atomic mass is 35.5. The number of piperidine rings is 1. The summed E-state index contributed by atoms with van der Waals surface area (Å²) in [7, 11) is 0. The minimum atomic E-state index is -0.145. The summed E-state index contributed by atoms with van der Waals surface area (Å²) in [4.78, 5) is 24.1. The second-order valence-corrected chi connectivity index (χ2v) is 6.18. The van der Waals surface area contributed by atoms with Crippen LogP contribution in [-0.2, 0) is 4.79 Å². The molecule has 1 aliphatic heterocycles. The van der Waals surface area contributed by atoms with Gasteiger partial charge in [-0.05, 0) is 42.3 Å². The molecule has 1 atom stereocenters. The Labute approximate surface area is 154 Å². The number of carbonyl (C=O) groups excluding carboxylic acids is 2. The van der Waals surface area contributed by atoms with Gasteiger partial charge in [0, 0.05) is 31.1 Å². The van der Waals surface area contributed by atoms with Gasteiger partial charge in [0.1, 0.15) is 0 Å². The summed E-state index contributed by atoms with van der Waals surface area (Å²) in [5.74, 6) is -0.157. The zero-order valence-electron chi connectivity index (χ0n) is 14.1. The molecule has 134 valence electrons. The van der Waals surface area contributed by atoms with E-state index in [1.807, 2.05) is 42.5 Å². The van der Waals surface area contributed by atoms with Crippen LogP contribution in [0.5, 0.6) is 0 Å². The second-order valence-electron chi connectivity index (χ2n) is 6.18. The predicted octanol–water partition coefficient (Wildman–Crippen LogP) is 2.25. The molecule has 2 aromatic rings. The number of carbonyl (C=O) groups is 2. The van der Waals surface area contributed by atoms with Gasteiger partial charge in [-0.25, -0.2) is 0 Å². The lowest BCUT2D eigenvalue weighted by Crippen LogP contribution is -2.46. The molecule has 5 nitrogen and oxygen atoms in total. The summed E-state index contributed by atoms with van der Waals surface area (Å²) in [5.41, 5.74) is 0.616. The van der Waals surface area contributed by atoms with Crippen molar-refractivity contribution in [3.8, 4) is 0 Å². The fourth-order valence-electron chi connectivity index (χ4n) is 3.00. The van der Waals surface area contributed by atoms with Gasteiger partial charge in [-0.2, -0.15) is 0 Å². The van der Waals surface area contributed by atoms with Gasteiger partial charge in [0.05, 0.1) is 0 Å². The molecule has 0 aliphatic carbocycles. The normalized spacial score (nSPS) is 16.7. The van der Waals surface area contributed by atoms with E-state index in [4.69, 9.17) is 0 Å². The van der Waals surface area contributed by atoms with E-state index in [-0.39, 0.29) is 30.3 Å². The highest BCUT2D eigenvalue weighted by Gasteiger charge is 2.15. The minimum Gasteiger partial charge on any atom is -0.352 e. The highest BCUT2D eigenvalue weighted by molar-refractivity contribution is 5.98.